The fraction of sp³-hybridized carbons (Fsp3) is 0.647. The number of ether oxygens (including phenoxy) is 2. The number of hydrogen-bond donors (Lipinski definition) is 1. The smallest absolute Gasteiger partial charge is 0.124 e. The second-order valence-electron chi connectivity index (χ2n) is 5.28. The van der Waals surface area contributed by atoms with Crippen LogP contribution >= 0.6 is 0 Å². The third kappa shape index (κ3) is 3.33. The van der Waals surface area contributed by atoms with E-state index in [-0.39, 0.29) is 0 Å². The van der Waals surface area contributed by atoms with Gasteiger partial charge in [0.15, 0.2) is 0 Å². The maximum Gasteiger partial charge on any atom is 0.124 e. The van der Waals surface area contributed by atoms with E-state index in [1.165, 1.54) is 5.56 Å². The standard InChI is InChI=1S/C17H27NO2/c1-4-15-14(11-12-20-15)17(18-5-2)13-9-7-8-10-16(13)19-6-3/h7-10,14-15,17-18H,4-6,11-12H2,1-3H3. The van der Waals surface area contributed by atoms with Crippen LogP contribution in [-0.2, 0) is 4.74 Å². The highest BCUT2D eigenvalue weighted by Crippen LogP contribution is 2.38. The fourth-order valence-electron chi connectivity index (χ4n) is 3.20. The lowest BCUT2D eigenvalue weighted by atomic mass is 9.86. The summed E-state index contributed by atoms with van der Waals surface area (Å²) in [7, 11) is 0. The van der Waals surface area contributed by atoms with Gasteiger partial charge < -0.3 is 14.8 Å². The van der Waals surface area contributed by atoms with Gasteiger partial charge in [-0.15, -0.1) is 0 Å². The summed E-state index contributed by atoms with van der Waals surface area (Å²) in [6.07, 6.45) is 2.55. The second-order valence-corrected chi connectivity index (χ2v) is 5.28. The Kier molecular flexibility index (Phi) is 5.86. The first-order valence-corrected chi connectivity index (χ1v) is 7.88. The SMILES string of the molecule is CCNC(c1ccccc1OCC)C1CCOC1CC. The van der Waals surface area contributed by atoms with Crippen molar-refractivity contribution >= 4 is 0 Å². The van der Waals surface area contributed by atoms with Crippen LogP contribution in [-0.4, -0.2) is 25.9 Å². The number of benzene rings is 1. The Morgan fingerprint density at radius 1 is 1.30 bits per heavy atom. The molecule has 1 N–H and O–H groups in total. The van der Waals surface area contributed by atoms with Gasteiger partial charge in [-0.2, -0.15) is 0 Å². The first-order chi connectivity index (χ1) is 9.81. The predicted octanol–water partition coefficient (Wildman–Crippen LogP) is 3.55. The van der Waals surface area contributed by atoms with E-state index in [1.807, 2.05) is 13.0 Å². The molecule has 3 heteroatoms. The third-order valence-electron chi connectivity index (χ3n) is 4.07. The molecule has 0 saturated carbocycles. The van der Waals surface area contributed by atoms with Gasteiger partial charge in [0, 0.05) is 24.1 Å². The van der Waals surface area contributed by atoms with Crippen LogP contribution in [0.4, 0.5) is 0 Å². The monoisotopic (exact) mass is 277 g/mol. The van der Waals surface area contributed by atoms with E-state index >= 15 is 0 Å². The van der Waals surface area contributed by atoms with Crippen molar-refractivity contribution in [1.82, 2.24) is 5.32 Å². The lowest BCUT2D eigenvalue weighted by molar-refractivity contribution is 0.0772. The molecule has 1 aromatic rings. The Balaban J connectivity index is 2.28. The Labute approximate surface area is 122 Å². The number of rotatable bonds is 7. The van der Waals surface area contributed by atoms with E-state index in [4.69, 9.17) is 9.47 Å². The van der Waals surface area contributed by atoms with E-state index in [0.29, 0.717) is 24.7 Å². The van der Waals surface area contributed by atoms with Crippen molar-refractivity contribution < 1.29 is 9.47 Å². The largest absolute Gasteiger partial charge is 0.494 e. The Morgan fingerprint density at radius 3 is 2.80 bits per heavy atom. The molecule has 1 aliphatic heterocycles. The van der Waals surface area contributed by atoms with Crippen LogP contribution in [0.15, 0.2) is 24.3 Å². The maximum atomic E-state index is 5.88. The van der Waals surface area contributed by atoms with Crippen molar-refractivity contribution in [3.63, 3.8) is 0 Å². The molecular formula is C17H27NO2. The molecule has 0 radical (unpaired) electrons. The zero-order valence-corrected chi connectivity index (χ0v) is 12.9. The summed E-state index contributed by atoms with van der Waals surface area (Å²) in [5, 5.41) is 3.64. The highest BCUT2D eigenvalue weighted by molar-refractivity contribution is 5.36. The summed E-state index contributed by atoms with van der Waals surface area (Å²) in [6, 6.07) is 8.71. The molecule has 0 spiro atoms. The van der Waals surface area contributed by atoms with Crippen LogP contribution in [0.5, 0.6) is 5.75 Å². The second kappa shape index (κ2) is 7.65. The maximum absolute atomic E-state index is 5.88. The molecule has 3 nitrogen and oxygen atoms in total. The Bertz CT molecular complexity index is 408. The highest BCUT2D eigenvalue weighted by atomic mass is 16.5. The number of para-hydroxylation sites is 1. The van der Waals surface area contributed by atoms with Gasteiger partial charge in [-0.25, -0.2) is 0 Å². The highest BCUT2D eigenvalue weighted by Gasteiger charge is 2.35. The summed E-state index contributed by atoms with van der Waals surface area (Å²) < 4.78 is 11.7. The van der Waals surface area contributed by atoms with E-state index in [0.717, 1.165) is 31.7 Å². The van der Waals surface area contributed by atoms with Gasteiger partial charge >= 0.3 is 0 Å². The molecule has 112 valence electrons. The van der Waals surface area contributed by atoms with Gasteiger partial charge in [0.2, 0.25) is 0 Å². The Hall–Kier alpha value is -1.06. The lowest BCUT2D eigenvalue weighted by Crippen LogP contribution is -2.33. The van der Waals surface area contributed by atoms with Crippen LogP contribution in [0.3, 0.4) is 0 Å². The van der Waals surface area contributed by atoms with Crippen molar-refractivity contribution in [1.29, 1.82) is 0 Å². The van der Waals surface area contributed by atoms with E-state index in [1.54, 1.807) is 0 Å². The summed E-state index contributed by atoms with van der Waals surface area (Å²) in [4.78, 5) is 0. The topological polar surface area (TPSA) is 30.5 Å². The molecule has 2 rings (SSSR count). The molecule has 0 bridgehead atoms. The van der Waals surface area contributed by atoms with Crippen LogP contribution in [0.2, 0.25) is 0 Å². The summed E-state index contributed by atoms with van der Waals surface area (Å²) in [5.41, 5.74) is 1.27. The Morgan fingerprint density at radius 2 is 2.10 bits per heavy atom. The molecule has 1 aromatic carbocycles. The quantitative estimate of drug-likeness (QED) is 0.826. The average Bonchev–Trinajstić information content (AvgIpc) is 2.94. The molecule has 0 aliphatic carbocycles. The summed E-state index contributed by atoms with van der Waals surface area (Å²) >= 11 is 0. The molecular weight excluding hydrogens is 250 g/mol. The minimum atomic E-state index is 0.315. The molecule has 0 amide bonds. The van der Waals surface area contributed by atoms with Gasteiger partial charge in [-0.05, 0) is 32.4 Å². The molecule has 1 aliphatic rings. The molecule has 0 aromatic heterocycles. The third-order valence-corrected chi connectivity index (χ3v) is 4.07. The predicted molar refractivity (Wildman–Crippen MR) is 82.2 cm³/mol. The van der Waals surface area contributed by atoms with Gasteiger partial charge in [-0.1, -0.05) is 32.0 Å². The summed E-state index contributed by atoms with van der Waals surface area (Å²) in [5.74, 6) is 1.53. The van der Waals surface area contributed by atoms with Crippen LogP contribution in [0.1, 0.15) is 45.2 Å². The van der Waals surface area contributed by atoms with Crippen molar-refractivity contribution in [3.8, 4) is 5.75 Å². The minimum absolute atomic E-state index is 0.315. The minimum Gasteiger partial charge on any atom is -0.494 e. The van der Waals surface area contributed by atoms with E-state index in [9.17, 15) is 0 Å². The van der Waals surface area contributed by atoms with Gasteiger partial charge in [0.1, 0.15) is 5.75 Å². The molecule has 3 atom stereocenters. The lowest BCUT2D eigenvalue weighted by Gasteiger charge is -2.29. The van der Waals surface area contributed by atoms with Gasteiger partial charge in [0.05, 0.1) is 12.7 Å². The van der Waals surface area contributed by atoms with E-state index < -0.39 is 0 Å². The van der Waals surface area contributed by atoms with Crippen molar-refractivity contribution in [2.75, 3.05) is 19.8 Å². The van der Waals surface area contributed by atoms with Crippen molar-refractivity contribution in [2.24, 2.45) is 5.92 Å². The van der Waals surface area contributed by atoms with Crippen LogP contribution in [0, 0.1) is 5.92 Å². The first-order valence-electron chi connectivity index (χ1n) is 7.88. The van der Waals surface area contributed by atoms with Gasteiger partial charge in [0.25, 0.3) is 0 Å². The van der Waals surface area contributed by atoms with Crippen molar-refractivity contribution in [2.45, 2.75) is 45.8 Å². The van der Waals surface area contributed by atoms with Crippen molar-refractivity contribution in [3.05, 3.63) is 29.8 Å². The van der Waals surface area contributed by atoms with Gasteiger partial charge in [-0.3, -0.25) is 0 Å². The fourth-order valence-corrected chi connectivity index (χ4v) is 3.20. The van der Waals surface area contributed by atoms with E-state index in [2.05, 4.69) is 37.4 Å². The zero-order chi connectivity index (χ0) is 14.4. The first kappa shape index (κ1) is 15.3. The number of hydrogen-bond acceptors (Lipinski definition) is 3. The van der Waals surface area contributed by atoms with Crippen LogP contribution in [0.25, 0.3) is 0 Å². The molecule has 20 heavy (non-hydrogen) atoms. The van der Waals surface area contributed by atoms with Crippen LogP contribution < -0.4 is 10.1 Å². The average molecular weight is 277 g/mol. The molecule has 1 heterocycles. The number of nitrogens with one attached hydrogen (secondary N) is 1. The molecule has 1 fully saturated rings. The molecule has 3 unspecified atom stereocenters. The normalized spacial score (nSPS) is 23.8. The zero-order valence-electron chi connectivity index (χ0n) is 12.9. The molecule has 1 saturated heterocycles. The summed E-state index contributed by atoms with van der Waals surface area (Å²) in [6.45, 7) is 8.94.